The number of aliphatic hydroxyl groups is 1. The topological polar surface area (TPSA) is 29.5 Å². The van der Waals surface area contributed by atoms with Crippen molar-refractivity contribution in [2.75, 3.05) is 0 Å². The zero-order chi connectivity index (χ0) is 14.8. The summed E-state index contributed by atoms with van der Waals surface area (Å²) in [4.78, 5) is 0. The highest BCUT2D eigenvalue weighted by atomic mass is 79.9. The van der Waals surface area contributed by atoms with Crippen molar-refractivity contribution < 1.29 is 9.84 Å². The largest absolute Gasteiger partial charge is 0.456 e. The third kappa shape index (κ3) is 2.80. The van der Waals surface area contributed by atoms with E-state index in [1.54, 1.807) is 0 Å². The minimum Gasteiger partial charge on any atom is -0.456 e. The number of halogens is 1. The summed E-state index contributed by atoms with van der Waals surface area (Å²) in [5.74, 6) is 1.58. The minimum atomic E-state index is 0.0424. The van der Waals surface area contributed by atoms with Crippen LogP contribution >= 0.6 is 15.9 Å². The highest BCUT2D eigenvalue weighted by molar-refractivity contribution is 9.10. The number of hydrogen-bond acceptors (Lipinski definition) is 2. The molecule has 0 aliphatic heterocycles. The molecule has 3 heteroatoms. The van der Waals surface area contributed by atoms with Crippen molar-refractivity contribution in [1.82, 2.24) is 0 Å². The fourth-order valence-corrected chi connectivity index (χ4v) is 2.91. The van der Waals surface area contributed by atoms with Crippen LogP contribution in [-0.2, 0) is 6.61 Å². The van der Waals surface area contributed by atoms with Crippen molar-refractivity contribution in [2.24, 2.45) is 0 Å². The van der Waals surface area contributed by atoms with Gasteiger partial charge in [0.25, 0.3) is 0 Å². The van der Waals surface area contributed by atoms with Crippen molar-refractivity contribution >= 4 is 26.7 Å². The first-order valence-corrected chi connectivity index (χ1v) is 7.54. The fraction of sp³-hybridized carbons (Fsp3) is 0.111. The van der Waals surface area contributed by atoms with E-state index in [1.807, 2.05) is 49.4 Å². The summed E-state index contributed by atoms with van der Waals surface area (Å²) in [6.07, 6.45) is 0. The Kier molecular flexibility index (Phi) is 3.95. The predicted molar refractivity (Wildman–Crippen MR) is 88.8 cm³/mol. The van der Waals surface area contributed by atoms with E-state index in [1.165, 1.54) is 5.39 Å². The van der Waals surface area contributed by atoms with Crippen LogP contribution in [0.15, 0.2) is 59.1 Å². The van der Waals surface area contributed by atoms with Crippen LogP contribution in [0.3, 0.4) is 0 Å². The summed E-state index contributed by atoms with van der Waals surface area (Å²) in [5.41, 5.74) is 1.89. The van der Waals surface area contributed by atoms with Gasteiger partial charge in [0.15, 0.2) is 0 Å². The summed E-state index contributed by atoms with van der Waals surface area (Å²) in [6, 6.07) is 17.9. The van der Waals surface area contributed by atoms with Crippen LogP contribution in [0.25, 0.3) is 10.8 Å². The molecule has 21 heavy (non-hydrogen) atoms. The second kappa shape index (κ2) is 5.88. The number of rotatable bonds is 3. The number of benzene rings is 3. The zero-order valence-corrected chi connectivity index (χ0v) is 13.2. The Labute approximate surface area is 132 Å². The second-order valence-electron chi connectivity index (χ2n) is 4.96. The van der Waals surface area contributed by atoms with Crippen molar-refractivity contribution in [3.8, 4) is 11.5 Å². The Hall–Kier alpha value is -1.84. The van der Waals surface area contributed by atoms with Gasteiger partial charge < -0.3 is 9.84 Å². The van der Waals surface area contributed by atoms with Crippen molar-refractivity contribution in [3.63, 3.8) is 0 Å². The molecule has 0 fully saturated rings. The molecule has 3 rings (SSSR count). The van der Waals surface area contributed by atoms with Crippen molar-refractivity contribution in [3.05, 3.63) is 70.2 Å². The van der Waals surface area contributed by atoms with Gasteiger partial charge in [-0.1, -0.05) is 42.5 Å². The lowest BCUT2D eigenvalue weighted by atomic mass is 10.1. The van der Waals surface area contributed by atoms with Gasteiger partial charge >= 0.3 is 0 Å². The van der Waals surface area contributed by atoms with Gasteiger partial charge in [0.1, 0.15) is 11.5 Å². The lowest BCUT2D eigenvalue weighted by Crippen LogP contribution is -1.91. The first-order chi connectivity index (χ1) is 10.2. The Morgan fingerprint density at radius 1 is 1.00 bits per heavy atom. The second-order valence-corrected chi connectivity index (χ2v) is 5.75. The van der Waals surface area contributed by atoms with Crippen LogP contribution in [0.4, 0.5) is 0 Å². The average molecular weight is 343 g/mol. The van der Waals surface area contributed by atoms with Crippen LogP contribution in [0, 0.1) is 6.92 Å². The molecule has 3 aromatic carbocycles. The van der Waals surface area contributed by atoms with E-state index in [-0.39, 0.29) is 6.61 Å². The Balaban J connectivity index is 2.00. The van der Waals surface area contributed by atoms with Crippen LogP contribution in [0.2, 0.25) is 0 Å². The van der Waals surface area contributed by atoms with Crippen LogP contribution in [0.5, 0.6) is 11.5 Å². The molecular formula is C18H15BrO2. The van der Waals surface area contributed by atoms with E-state index in [4.69, 9.17) is 9.84 Å². The molecule has 3 aromatic rings. The van der Waals surface area contributed by atoms with E-state index in [9.17, 15) is 0 Å². The SMILES string of the molecule is Cc1cc(CO)ccc1Oc1ccc2ccccc2c1Br. The first-order valence-electron chi connectivity index (χ1n) is 6.74. The monoisotopic (exact) mass is 342 g/mol. The number of aliphatic hydroxyl groups excluding tert-OH is 1. The summed E-state index contributed by atoms with van der Waals surface area (Å²) in [5, 5.41) is 11.5. The average Bonchev–Trinajstić information content (AvgIpc) is 2.52. The molecule has 0 saturated heterocycles. The number of hydrogen-bond donors (Lipinski definition) is 1. The highest BCUT2D eigenvalue weighted by Crippen LogP contribution is 2.36. The Bertz CT molecular complexity index is 796. The lowest BCUT2D eigenvalue weighted by molar-refractivity contribution is 0.281. The maximum Gasteiger partial charge on any atom is 0.142 e. The van der Waals surface area contributed by atoms with Crippen LogP contribution < -0.4 is 4.74 Å². The molecule has 0 bridgehead atoms. The molecule has 2 nitrogen and oxygen atoms in total. The van der Waals surface area contributed by atoms with E-state index in [2.05, 4.69) is 28.1 Å². The number of ether oxygens (including phenoxy) is 1. The maximum absolute atomic E-state index is 9.16. The molecule has 0 saturated carbocycles. The third-order valence-electron chi connectivity index (χ3n) is 3.47. The molecular weight excluding hydrogens is 328 g/mol. The van der Waals surface area contributed by atoms with E-state index >= 15 is 0 Å². The smallest absolute Gasteiger partial charge is 0.142 e. The third-order valence-corrected chi connectivity index (χ3v) is 4.29. The Morgan fingerprint density at radius 3 is 2.52 bits per heavy atom. The van der Waals surface area contributed by atoms with Gasteiger partial charge in [-0.25, -0.2) is 0 Å². The normalized spacial score (nSPS) is 10.8. The van der Waals surface area contributed by atoms with Crippen LogP contribution in [0.1, 0.15) is 11.1 Å². The zero-order valence-electron chi connectivity index (χ0n) is 11.6. The number of aryl methyl sites for hydroxylation is 1. The molecule has 0 aromatic heterocycles. The minimum absolute atomic E-state index is 0.0424. The maximum atomic E-state index is 9.16. The van der Waals surface area contributed by atoms with Crippen LogP contribution in [-0.4, -0.2) is 5.11 Å². The van der Waals surface area contributed by atoms with Gasteiger partial charge in [-0.2, -0.15) is 0 Å². The fourth-order valence-electron chi connectivity index (χ4n) is 2.34. The molecule has 0 spiro atoms. The van der Waals surface area contributed by atoms with Gasteiger partial charge in [-0.15, -0.1) is 0 Å². The van der Waals surface area contributed by atoms with E-state index in [0.29, 0.717) is 0 Å². The molecule has 0 aliphatic rings. The molecule has 0 atom stereocenters. The molecule has 1 N–H and O–H groups in total. The molecule has 0 amide bonds. The van der Waals surface area contributed by atoms with Crippen molar-refractivity contribution in [1.29, 1.82) is 0 Å². The van der Waals surface area contributed by atoms with Gasteiger partial charge in [-0.3, -0.25) is 0 Å². The first kappa shape index (κ1) is 14.1. The molecule has 0 radical (unpaired) electrons. The van der Waals surface area contributed by atoms with Crippen molar-refractivity contribution in [2.45, 2.75) is 13.5 Å². The van der Waals surface area contributed by atoms with Gasteiger partial charge in [0, 0.05) is 0 Å². The van der Waals surface area contributed by atoms with E-state index in [0.717, 1.165) is 32.5 Å². The number of fused-ring (bicyclic) bond motifs is 1. The molecule has 0 unspecified atom stereocenters. The van der Waals surface area contributed by atoms with Gasteiger partial charge in [0.05, 0.1) is 11.1 Å². The molecule has 0 heterocycles. The summed E-state index contributed by atoms with van der Waals surface area (Å²) in [6.45, 7) is 2.02. The summed E-state index contributed by atoms with van der Waals surface area (Å²) in [7, 11) is 0. The Morgan fingerprint density at radius 2 is 1.76 bits per heavy atom. The molecule has 106 valence electrons. The van der Waals surface area contributed by atoms with Gasteiger partial charge in [0.2, 0.25) is 0 Å². The summed E-state index contributed by atoms with van der Waals surface area (Å²) >= 11 is 3.63. The predicted octanol–water partition coefficient (Wildman–Crippen LogP) is 5.20. The molecule has 0 aliphatic carbocycles. The van der Waals surface area contributed by atoms with Gasteiger partial charge in [-0.05, 0) is 56.9 Å². The lowest BCUT2D eigenvalue weighted by Gasteiger charge is -2.12. The quantitative estimate of drug-likeness (QED) is 0.709. The summed E-state index contributed by atoms with van der Waals surface area (Å²) < 4.78 is 6.97. The standard InChI is InChI=1S/C18H15BrO2/c1-12-10-13(11-20)6-8-16(12)21-17-9-7-14-4-2-3-5-15(14)18(17)19/h2-10,20H,11H2,1H3. The highest BCUT2D eigenvalue weighted by Gasteiger charge is 2.08. The van der Waals surface area contributed by atoms with E-state index < -0.39 is 0 Å².